The zero-order valence-corrected chi connectivity index (χ0v) is 11.9. The Kier molecular flexibility index (Phi) is 5.34. The highest BCUT2D eigenvalue weighted by Crippen LogP contribution is 2.03. The molecule has 1 aromatic carbocycles. The van der Waals surface area contributed by atoms with Crippen molar-refractivity contribution in [1.82, 2.24) is 10.0 Å². The zero-order chi connectivity index (χ0) is 14.3. The summed E-state index contributed by atoms with van der Waals surface area (Å²) < 4.78 is 31.4. The van der Waals surface area contributed by atoms with Gasteiger partial charge < -0.3 is 9.73 Å². The molecule has 2 aromatic rings. The van der Waals surface area contributed by atoms with E-state index in [4.69, 9.17) is 4.42 Å². The van der Waals surface area contributed by atoms with Crippen LogP contribution in [0.1, 0.15) is 11.3 Å². The monoisotopic (exact) mass is 294 g/mol. The lowest BCUT2D eigenvalue weighted by Gasteiger charge is -2.07. The van der Waals surface area contributed by atoms with E-state index in [0.717, 1.165) is 11.3 Å². The maximum absolute atomic E-state index is 11.8. The van der Waals surface area contributed by atoms with E-state index < -0.39 is 10.0 Å². The molecule has 0 saturated heterocycles. The van der Waals surface area contributed by atoms with Crippen LogP contribution in [0.3, 0.4) is 0 Å². The third-order valence-corrected chi connectivity index (χ3v) is 4.06. The van der Waals surface area contributed by atoms with Crippen molar-refractivity contribution in [3.8, 4) is 0 Å². The third kappa shape index (κ3) is 5.16. The van der Waals surface area contributed by atoms with Crippen LogP contribution in [-0.4, -0.2) is 21.5 Å². The van der Waals surface area contributed by atoms with Gasteiger partial charge in [0.05, 0.1) is 18.6 Å². The molecule has 0 atom stereocenters. The van der Waals surface area contributed by atoms with Gasteiger partial charge in [0.2, 0.25) is 10.0 Å². The van der Waals surface area contributed by atoms with Gasteiger partial charge in [0.1, 0.15) is 5.76 Å². The number of nitrogens with one attached hydrogen (secondary N) is 2. The van der Waals surface area contributed by atoms with Crippen molar-refractivity contribution in [1.29, 1.82) is 0 Å². The lowest BCUT2D eigenvalue weighted by molar-refractivity contribution is 0.483. The van der Waals surface area contributed by atoms with E-state index >= 15 is 0 Å². The van der Waals surface area contributed by atoms with Crippen molar-refractivity contribution in [3.63, 3.8) is 0 Å². The lowest BCUT2D eigenvalue weighted by Crippen LogP contribution is -2.32. The predicted molar refractivity (Wildman–Crippen MR) is 77.5 cm³/mol. The largest absolute Gasteiger partial charge is 0.468 e. The van der Waals surface area contributed by atoms with E-state index in [2.05, 4.69) is 10.0 Å². The second-order valence-corrected chi connectivity index (χ2v) is 6.20. The van der Waals surface area contributed by atoms with Crippen LogP contribution in [0.15, 0.2) is 53.1 Å². The van der Waals surface area contributed by atoms with Gasteiger partial charge in [0.15, 0.2) is 0 Å². The van der Waals surface area contributed by atoms with Crippen molar-refractivity contribution in [3.05, 3.63) is 60.1 Å². The molecule has 0 aliphatic heterocycles. The maximum atomic E-state index is 11.8. The van der Waals surface area contributed by atoms with Crippen LogP contribution < -0.4 is 10.0 Å². The summed E-state index contributed by atoms with van der Waals surface area (Å²) >= 11 is 0. The Balaban J connectivity index is 1.67. The molecule has 2 rings (SSSR count). The van der Waals surface area contributed by atoms with Gasteiger partial charge in [-0.1, -0.05) is 30.3 Å². The molecule has 2 N–H and O–H groups in total. The fourth-order valence-electron chi connectivity index (χ4n) is 1.76. The average Bonchev–Trinajstić information content (AvgIpc) is 2.92. The predicted octanol–water partition coefficient (Wildman–Crippen LogP) is 1.49. The van der Waals surface area contributed by atoms with Gasteiger partial charge >= 0.3 is 0 Å². The summed E-state index contributed by atoms with van der Waals surface area (Å²) in [6, 6.07) is 12.8. The Morgan fingerprint density at radius 2 is 1.80 bits per heavy atom. The smallest absolute Gasteiger partial charge is 0.215 e. The van der Waals surface area contributed by atoms with E-state index in [1.807, 2.05) is 30.3 Å². The highest BCUT2D eigenvalue weighted by molar-refractivity contribution is 7.88. The molecule has 0 aliphatic carbocycles. The van der Waals surface area contributed by atoms with Crippen LogP contribution in [0.2, 0.25) is 0 Å². The molecule has 0 spiro atoms. The molecule has 0 amide bonds. The summed E-state index contributed by atoms with van der Waals surface area (Å²) in [6.07, 6.45) is 1.61. The van der Waals surface area contributed by atoms with E-state index in [-0.39, 0.29) is 5.75 Å². The third-order valence-electron chi connectivity index (χ3n) is 2.70. The van der Waals surface area contributed by atoms with Crippen LogP contribution in [-0.2, 0) is 22.3 Å². The number of hydrogen-bond donors (Lipinski definition) is 2. The van der Waals surface area contributed by atoms with Crippen LogP contribution in [0, 0.1) is 0 Å². The first kappa shape index (κ1) is 14.8. The van der Waals surface area contributed by atoms with E-state index in [9.17, 15) is 8.42 Å². The van der Waals surface area contributed by atoms with Gasteiger partial charge in [-0.3, -0.25) is 0 Å². The van der Waals surface area contributed by atoms with E-state index in [1.54, 1.807) is 18.4 Å². The Morgan fingerprint density at radius 3 is 2.50 bits per heavy atom. The second-order valence-electron chi connectivity index (χ2n) is 4.40. The van der Waals surface area contributed by atoms with Crippen LogP contribution >= 0.6 is 0 Å². The Labute approximate surface area is 119 Å². The molecule has 1 heterocycles. The fourth-order valence-corrected chi connectivity index (χ4v) is 2.91. The van der Waals surface area contributed by atoms with Crippen LogP contribution in [0.5, 0.6) is 0 Å². The first-order chi connectivity index (χ1) is 9.66. The van der Waals surface area contributed by atoms with Crippen molar-refractivity contribution < 1.29 is 12.8 Å². The second kappa shape index (κ2) is 7.23. The minimum Gasteiger partial charge on any atom is -0.468 e. The van der Waals surface area contributed by atoms with Crippen LogP contribution in [0.25, 0.3) is 0 Å². The molecule has 0 bridgehead atoms. The van der Waals surface area contributed by atoms with Gasteiger partial charge in [0.25, 0.3) is 0 Å². The first-order valence-electron chi connectivity index (χ1n) is 6.40. The summed E-state index contributed by atoms with van der Waals surface area (Å²) in [5, 5.41) is 3.10. The standard InChI is InChI=1S/C14H18N2O3S/c17-20(18,12-13-5-2-1-3-6-13)16-9-8-15-11-14-7-4-10-19-14/h1-7,10,15-16H,8-9,11-12H2. The minimum atomic E-state index is -3.28. The fraction of sp³-hybridized carbons (Fsp3) is 0.286. The Bertz CT molecular complexity index is 595. The number of rotatable bonds is 8. The number of benzene rings is 1. The molecule has 1 aromatic heterocycles. The normalized spacial score (nSPS) is 11.6. The average molecular weight is 294 g/mol. The van der Waals surface area contributed by atoms with Gasteiger partial charge in [-0.2, -0.15) is 0 Å². The molecule has 0 fully saturated rings. The molecule has 0 unspecified atom stereocenters. The number of sulfonamides is 1. The first-order valence-corrected chi connectivity index (χ1v) is 8.05. The van der Waals surface area contributed by atoms with E-state index in [1.165, 1.54) is 0 Å². The van der Waals surface area contributed by atoms with Gasteiger partial charge in [-0.15, -0.1) is 0 Å². The Morgan fingerprint density at radius 1 is 1.00 bits per heavy atom. The quantitative estimate of drug-likeness (QED) is 0.724. The SMILES string of the molecule is O=S(=O)(Cc1ccccc1)NCCNCc1ccco1. The molecule has 0 saturated carbocycles. The number of furan rings is 1. The molecule has 0 radical (unpaired) electrons. The molecule has 0 aliphatic rings. The van der Waals surface area contributed by atoms with Crippen molar-refractivity contribution in [2.45, 2.75) is 12.3 Å². The summed E-state index contributed by atoms with van der Waals surface area (Å²) in [4.78, 5) is 0. The van der Waals surface area contributed by atoms with Gasteiger partial charge in [-0.25, -0.2) is 13.1 Å². The lowest BCUT2D eigenvalue weighted by atomic mass is 10.2. The Hall–Kier alpha value is -1.63. The summed E-state index contributed by atoms with van der Waals surface area (Å²) in [5.74, 6) is 0.837. The summed E-state index contributed by atoms with van der Waals surface area (Å²) in [6.45, 7) is 1.50. The van der Waals surface area contributed by atoms with Gasteiger partial charge in [-0.05, 0) is 17.7 Å². The molecule has 6 heteroatoms. The molecular formula is C14H18N2O3S. The number of hydrogen-bond acceptors (Lipinski definition) is 4. The zero-order valence-electron chi connectivity index (χ0n) is 11.1. The summed E-state index contributed by atoms with van der Waals surface area (Å²) in [7, 11) is -3.28. The molecule has 108 valence electrons. The van der Waals surface area contributed by atoms with Crippen LogP contribution in [0.4, 0.5) is 0 Å². The minimum absolute atomic E-state index is 0.00598. The molecule has 20 heavy (non-hydrogen) atoms. The van der Waals surface area contributed by atoms with E-state index in [0.29, 0.717) is 19.6 Å². The highest BCUT2D eigenvalue weighted by Gasteiger charge is 2.10. The van der Waals surface area contributed by atoms with Crippen molar-refractivity contribution in [2.24, 2.45) is 0 Å². The van der Waals surface area contributed by atoms with Crippen molar-refractivity contribution in [2.75, 3.05) is 13.1 Å². The molecule has 5 nitrogen and oxygen atoms in total. The van der Waals surface area contributed by atoms with Gasteiger partial charge in [0, 0.05) is 13.1 Å². The summed E-state index contributed by atoms with van der Waals surface area (Å²) in [5.41, 5.74) is 0.781. The topological polar surface area (TPSA) is 71.3 Å². The highest BCUT2D eigenvalue weighted by atomic mass is 32.2. The van der Waals surface area contributed by atoms with Crippen molar-refractivity contribution >= 4 is 10.0 Å². The maximum Gasteiger partial charge on any atom is 0.215 e. The molecular weight excluding hydrogens is 276 g/mol.